The van der Waals surface area contributed by atoms with Gasteiger partial charge < -0.3 is 40.7 Å². The van der Waals surface area contributed by atoms with Gasteiger partial charge in [-0.15, -0.1) is 0 Å². The first-order chi connectivity index (χ1) is 54.2. The Morgan fingerprint density at radius 3 is 0.973 bits per heavy atom. The van der Waals surface area contributed by atoms with Crippen LogP contribution in [0.15, 0.2) is 171 Å². The van der Waals surface area contributed by atoms with Gasteiger partial charge in [-0.2, -0.15) is 39.9 Å². The molecule has 2 saturated heterocycles. The Kier molecular flexibility index (Phi) is 27.4. The molecule has 0 radical (unpaired) electrons. The minimum Gasteiger partial charge on any atom is -0.392 e. The number of nitrogens with one attached hydrogen (secondary N) is 7. The number of aliphatic hydroxyl groups excluding tert-OH is 2. The van der Waals surface area contributed by atoms with Crippen molar-refractivity contribution in [3.63, 3.8) is 0 Å². The summed E-state index contributed by atoms with van der Waals surface area (Å²) in [6.07, 6.45) is 11.9. The van der Waals surface area contributed by atoms with Crippen LogP contribution in [0.5, 0.6) is 0 Å². The van der Waals surface area contributed by atoms with E-state index in [1.165, 1.54) is 12.4 Å². The number of piperazine rings is 1. The van der Waals surface area contributed by atoms with Gasteiger partial charge in [-0.25, -0.2) is 39.9 Å². The van der Waals surface area contributed by atoms with Gasteiger partial charge in [0.2, 0.25) is 23.8 Å². The van der Waals surface area contributed by atoms with E-state index in [1.54, 1.807) is 152 Å². The molecule has 4 amide bonds. The Bertz CT molecular complexity index is 4920. The molecule has 0 aliphatic carbocycles. The van der Waals surface area contributed by atoms with E-state index in [9.17, 15) is 29.4 Å². The molecule has 572 valence electrons. The van der Waals surface area contributed by atoms with Crippen molar-refractivity contribution in [1.82, 2.24) is 105 Å². The Morgan fingerprint density at radius 2 is 0.705 bits per heavy atom. The number of ether oxygens (including phenoxy) is 1. The van der Waals surface area contributed by atoms with Crippen LogP contribution in [0.3, 0.4) is 0 Å². The number of nitrogens with zero attached hydrogens (tertiary/aromatic N) is 22. The van der Waals surface area contributed by atoms with Crippen LogP contribution in [0.25, 0.3) is 46.1 Å². The number of anilines is 8. The number of carbonyl (C=O) groups is 4. The van der Waals surface area contributed by atoms with Crippen LogP contribution in [0.2, 0.25) is 0 Å². The molecule has 0 aromatic carbocycles. The van der Waals surface area contributed by atoms with E-state index in [1.807, 2.05) is 62.4 Å². The van der Waals surface area contributed by atoms with E-state index >= 15 is 0 Å². The van der Waals surface area contributed by atoms with Crippen LogP contribution in [0.4, 0.5) is 47.1 Å². The summed E-state index contributed by atoms with van der Waals surface area (Å²) in [5.74, 6) is 5.55. The van der Waals surface area contributed by atoms with Gasteiger partial charge in [-0.1, -0.05) is 24.3 Å². The minimum absolute atomic E-state index is 0.138. The van der Waals surface area contributed by atoms with Crippen molar-refractivity contribution in [2.75, 3.05) is 94.1 Å². The molecule has 9 N–H and O–H groups in total. The fourth-order valence-electron chi connectivity index (χ4n) is 10.7. The SMILES string of the molecule is Cc1nc(NC(=O)c2ccc(N3CC(C)OC(C)C3)nc2)nc(-c2ccccn2)n1.Cc1nc(NC(=O)c2ccc(N3CCNCC3)nc2)nc(-c2ccccn2)n1.Cc1nc(NC(=O)c2ccc(NC[C@@H](C)O)nc2)nc(-c2ccccn2)n1.Cc1nc(NC(=O)c2ccc(NC[C@H](C)O)nc2)nc(-c2ccccn2)n1. The summed E-state index contributed by atoms with van der Waals surface area (Å²) >= 11 is 0. The van der Waals surface area contributed by atoms with Crippen LogP contribution in [0, 0.1) is 27.7 Å². The number of amides is 4. The monoisotopic (exact) mass is 1510 g/mol. The summed E-state index contributed by atoms with van der Waals surface area (Å²) in [5, 5.41) is 38.5. The van der Waals surface area contributed by atoms with E-state index in [0.717, 1.165) is 50.9 Å². The second kappa shape index (κ2) is 38.8. The summed E-state index contributed by atoms with van der Waals surface area (Å²) in [5.41, 5.74) is 3.98. The molecule has 0 saturated carbocycles. The van der Waals surface area contributed by atoms with E-state index < -0.39 is 12.2 Å². The van der Waals surface area contributed by atoms with Gasteiger partial charge in [0.1, 0.15) is 69.3 Å². The van der Waals surface area contributed by atoms with Gasteiger partial charge in [-0.3, -0.25) is 60.4 Å². The molecule has 36 nitrogen and oxygen atoms in total. The lowest BCUT2D eigenvalue weighted by Crippen LogP contribution is -2.45. The smallest absolute Gasteiger partial charge is 0.259 e. The van der Waals surface area contributed by atoms with E-state index in [-0.39, 0.29) is 59.6 Å². The molecule has 2 aliphatic heterocycles. The summed E-state index contributed by atoms with van der Waals surface area (Å²) in [6.45, 7) is 20.3. The predicted molar refractivity (Wildman–Crippen MR) is 418 cm³/mol. The molecular formula is C76H81N29O7. The Morgan fingerprint density at radius 1 is 0.402 bits per heavy atom. The Labute approximate surface area is 643 Å². The Balaban J connectivity index is 0.000000148. The number of aryl methyl sites for hydroxylation is 4. The molecular weight excluding hydrogens is 1430 g/mol. The average Bonchev–Trinajstić information content (AvgIpc) is 0.839. The van der Waals surface area contributed by atoms with Gasteiger partial charge in [0.15, 0.2) is 23.3 Å². The van der Waals surface area contributed by atoms with Crippen LogP contribution in [0.1, 0.15) is 92.4 Å². The number of aliphatic hydroxyl groups is 2. The standard InChI is InChI=1S/C21H23N7O2.C19H20N8O.2C18H19N7O2/c1-13-11-28(12-14(2)30-13)18-8-7-16(10-23-18)20(29)27-21-25-15(3)24-19(26-21)17-6-4-5-9-22-17;1-13-23-17(15-4-2-3-7-21-15)25-19(24-13)26-18(28)14-5-6-16(22-12-14)27-10-8-20-9-11-27;2*1-11(26)9-20-15-7-6-13(10-21-15)17(27)25-18-23-12(2)22-16(24-18)14-5-3-4-8-19-14/h4-10,13-14H,11-12H2,1-3H3,(H,24,25,26,27,29);2-7,12,20H,8-11H2,1H3,(H,23,24,25,26,28);2*3-8,10-11,26H,9H2,1-2H3,(H,20,21)(H,22,23,24,25,27)/t;;2*11-/m..10/s1. The number of hydrogen-bond acceptors (Lipinski definition) is 32. The van der Waals surface area contributed by atoms with Crippen molar-refractivity contribution in [2.45, 2.75) is 79.8 Å². The highest BCUT2D eigenvalue weighted by atomic mass is 16.5. The van der Waals surface area contributed by atoms with Crippen molar-refractivity contribution in [1.29, 1.82) is 0 Å². The fraction of sp³-hybridized carbons (Fsp3) is 0.263. The van der Waals surface area contributed by atoms with Gasteiger partial charge in [0, 0.05) is 102 Å². The number of morpholine rings is 1. The number of hydrogen-bond donors (Lipinski definition) is 9. The van der Waals surface area contributed by atoms with Crippen LogP contribution in [-0.4, -0.2) is 210 Å². The molecule has 36 heteroatoms. The van der Waals surface area contributed by atoms with E-state index in [4.69, 9.17) is 4.74 Å². The van der Waals surface area contributed by atoms with Crippen molar-refractivity contribution >= 4 is 70.7 Å². The van der Waals surface area contributed by atoms with Crippen molar-refractivity contribution < 1.29 is 34.1 Å². The fourth-order valence-corrected chi connectivity index (χ4v) is 10.7. The van der Waals surface area contributed by atoms with E-state index in [2.05, 4.69) is 147 Å². The molecule has 12 aromatic rings. The molecule has 12 aromatic heterocycles. The topological polar surface area (TPSA) is 466 Å². The van der Waals surface area contributed by atoms with Crippen LogP contribution < -0.4 is 47.0 Å². The first-order valence-corrected chi connectivity index (χ1v) is 35.5. The van der Waals surface area contributed by atoms with Gasteiger partial charge >= 0.3 is 0 Å². The lowest BCUT2D eigenvalue weighted by molar-refractivity contribution is -0.00547. The lowest BCUT2D eigenvalue weighted by Gasteiger charge is -2.36. The molecule has 2 aliphatic rings. The zero-order valence-electron chi connectivity index (χ0n) is 62.4. The molecule has 112 heavy (non-hydrogen) atoms. The van der Waals surface area contributed by atoms with Gasteiger partial charge in [0.25, 0.3) is 23.6 Å². The third-order valence-corrected chi connectivity index (χ3v) is 15.9. The number of aromatic nitrogens is 20. The van der Waals surface area contributed by atoms with Crippen LogP contribution in [-0.2, 0) is 4.74 Å². The number of rotatable bonds is 20. The molecule has 2 unspecified atom stereocenters. The maximum atomic E-state index is 12.7. The van der Waals surface area contributed by atoms with E-state index in [0.29, 0.717) is 116 Å². The maximum absolute atomic E-state index is 12.7. The molecule has 0 spiro atoms. The predicted octanol–water partition coefficient (Wildman–Crippen LogP) is 7.17. The zero-order valence-corrected chi connectivity index (χ0v) is 62.4. The average molecular weight is 1510 g/mol. The molecule has 14 heterocycles. The first-order valence-electron chi connectivity index (χ1n) is 35.5. The van der Waals surface area contributed by atoms with Crippen molar-refractivity contribution in [3.05, 3.63) is 216 Å². The zero-order chi connectivity index (χ0) is 78.9. The third-order valence-electron chi connectivity index (χ3n) is 15.9. The number of pyridine rings is 8. The normalized spacial score (nSPS) is 14.2. The molecule has 14 rings (SSSR count). The minimum atomic E-state index is -0.491. The molecule has 4 atom stereocenters. The Hall–Kier alpha value is -13.8. The first kappa shape index (κ1) is 79.2. The summed E-state index contributed by atoms with van der Waals surface area (Å²) < 4.78 is 5.76. The van der Waals surface area contributed by atoms with Crippen molar-refractivity contribution in [2.24, 2.45) is 0 Å². The highest BCUT2D eigenvalue weighted by Gasteiger charge is 2.25. The third kappa shape index (κ3) is 23.6. The second-order valence-corrected chi connectivity index (χ2v) is 25.3. The highest BCUT2D eigenvalue weighted by molar-refractivity contribution is 6.05. The maximum Gasteiger partial charge on any atom is 0.259 e. The number of carbonyl (C=O) groups excluding carboxylic acids is 4. The van der Waals surface area contributed by atoms with Crippen molar-refractivity contribution in [3.8, 4) is 46.1 Å². The lowest BCUT2D eigenvalue weighted by atomic mass is 10.2. The second-order valence-electron chi connectivity index (χ2n) is 25.3. The van der Waals surface area contributed by atoms with Crippen LogP contribution >= 0.6 is 0 Å². The van der Waals surface area contributed by atoms with Gasteiger partial charge in [-0.05, 0) is 152 Å². The summed E-state index contributed by atoms with van der Waals surface area (Å²) in [6, 6.07) is 35.5. The molecule has 2 fully saturated rings. The summed E-state index contributed by atoms with van der Waals surface area (Å²) in [7, 11) is 0. The molecule has 0 bridgehead atoms. The largest absolute Gasteiger partial charge is 0.392 e. The quantitative estimate of drug-likeness (QED) is 0.0365. The summed E-state index contributed by atoms with van der Waals surface area (Å²) in [4.78, 5) is 139. The van der Waals surface area contributed by atoms with Gasteiger partial charge in [0.05, 0.1) is 46.7 Å². The highest BCUT2D eigenvalue weighted by Crippen LogP contribution is 2.23.